The van der Waals surface area contributed by atoms with E-state index in [9.17, 15) is 4.79 Å². The van der Waals surface area contributed by atoms with Gasteiger partial charge in [0, 0.05) is 24.4 Å². The number of ether oxygens (including phenoxy) is 1. The van der Waals surface area contributed by atoms with Crippen molar-refractivity contribution in [2.24, 2.45) is 0 Å². The Labute approximate surface area is 113 Å². The lowest BCUT2D eigenvalue weighted by molar-refractivity contribution is 0.0727. The van der Waals surface area contributed by atoms with E-state index in [1.165, 1.54) is 5.56 Å². The van der Waals surface area contributed by atoms with Gasteiger partial charge in [-0.15, -0.1) is 0 Å². The van der Waals surface area contributed by atoms with Crippen molar-refractivity contribution < 1.29 is 9.53 Å². The Kier molecular flexibility index (Phi) is 2.97. The largest absolute Gasteiger partial charge is 0.384 e. The van der Waals surface area contributed by atoms with Crippen molar-refractivity contribution in [1.82, 2.24) is 5.32 Å². The molecule has 1 saturated heterocycles. The van der Waals surface area contributed by atoms with Crippen molar-refractivity contribution in [2.75, 3.05) is 18.5 Å². The van der Waals surface area contributed by atoms with Crippen LogP contribution in [0.5, 0.6) is 0 Å². The molecule has 2 atom stereocenters. The van der Waals surface area contributed by atoms with Gasteiger partial charge in [0.05, 0.1) is 11.6 Å². The maximum atomic E-state index is 12.4. The molecule has 19 heavy (non-hydrogen) atoms. The zero-order valence-corrected chi connectivity index (χ0v) is 11.5. The molecule has 0 saturated carbocycles. The van der Waals surface area contributed by atoms with Crippen LogP contribution < -0.4 is 10.6 Å². The molecule has 1 aromatic carbocycles. The highest BCUT2D eigenvalue weighted by Gasteiger charge is 2.38. The van der Waals surface area contributed by atoms with Crippen molar-refractivity contribution >= 4 is 11.6 Å². The fraction of sp³-hybridized carbons (Fsp3) is 0.533. The first-order valence-electron chi connectivity index (χ1n) is 6.89. The number of benzene rings is 1. The van der Waals surface area contributed by atoms with E-state index < -0.39 is 0 Å². The highest BCUT2D eigenvalue weighted by Crippen LogP contribution is 2.27. The van der Waals surface area contributed by atoms with Crippen molar-refractivity contribution in [2.45, 2.75) is 38.3 Å². The first kappa shape index (κ1) is 12.5. The lowest BCUT2D eigenvalue weighted by Crippen LogP contribution is -2.50. The minimum absolute atomic E-state index is 0.00505. The van der Waals surface area contributed by atoms with Gasteiger partial charge in [-0.1, -0.05) is 0 Å². The molecule has 1 aromatic rings. The number of carbonyl (C=O) groups is 1. The molecule has 102 valence electrons. The van der Waals surface area contributed by atoms with Gasteiger partial charge < -0.3 is 15.4 Å². The van der Waals surface area contributed by atoms with Crippen molar-refractivity contribution in [3.05, 3.63) is 29.3 Å². The zero-order chi connectivity index (χ0) is 13.5. The Morgan fingerprint density at radius 2 is 2.37 bits per heavy atom. The topological polar surface area (TPSA) is 50.4 Å². The van der Waals surface area contributed by atoms with Crippen LogP contribution in [0.3, 0.4) is 0 Å². The quantitative estimate of drug-likeness (QED) is 0.854. The van der Waals surface area contributed by atoms with E-state index in [4.69, 9.17) is 4.74 Å². The molecule has 0 aliphatic carbocycles. The maximum absolute atomic E-state index is 12.4. The van der Waals surface area contributed by atoms with E-state index in [1.54, 1.807) is 0 Å². The maximum Gasteiger partial charge on any atom is 0.251 e. The third-order valence-corrected chi connectivity index (χ3v) is 4.36. The van der Waals surface area contributed by atoms with E-state index >= 15 is 0 Å². The Bertz CT molecular complexity index is 515. The van der Waals surface area contributed by atoms with Crippen LogP contribution in [0.4, 0.5) is 5.69 Å². The standard InChI is InChI=1S/C15H20N2O2/c1-10-15(2,6-8-19-10)17-14(18)12-3-4-13-11(9-12)5-7-16-13/h3-4,9-10,16H,5-8H2,1-2H3,(H,17,18). The third kappa shape index (κ3) is 2.21. The minimum Gasteiger partial charge on any atom is -0.384 e. The van der Waals surface area contributed by atoms with Gasteiger partial charge in [-0.2, -0.15) is 0 Å². The molecule has 3 rings (SSSR count). The first-order valence-corrected chi connectivity index (χ1v) is 6.89. The molecular weight excluding hydrogens is 240 g/mol. The van der Waals surface area contributed by atoms with E-state index in [0.717, 1.165) is 30.6 Å². The van der Waals surface area contributed by atoms with Gasteiger partial charge in [0.25, 0.3) is 5.91 Å². The summed E-state index contributed by atoms with van der Waals surface area (Å²) in [6.45, 7) is 5.74. The molecule has 2 N–H and O–H groups in total. The van der Waals surface area contributed by atoms with E-state index in [1.807, 2.05) is 25.1 Å². The summed E-state index contributed by atoms with van der Waals surface area (Å²) in [5, 5.41) is 6.43. The summed E-state index contributed by atoms with van der Waals surface area (Å²) < 4.78 is 5.55. The van der Waals surface area contributed by atoms with Crippen LogP contribution in [0.2, 0.25) is 0 Å². The van der Waals surface area contributed by atoms with Crippen LogP contribution in [0, 0.1) is 0 Å². The Balaban J connectivity index is 1.77. The average Bonchev–Trinajstić information content (AvgIpc) is 2.96. The Morgan fingerprint density at radius 3 is 3.11 bits per heavy atom. The van der Waals surface area contributed by atoms with Gasteiger partial charge in [0.15, 0.2) is 0 Å². The summed E-state index contributed by atoms with van der Waals surface area (Å²) >= 11 is 0. The molecular formula is C15H20N2O2. The molecule has 0 aromatic heterocycles. The molecule has 4 heteroatoms. The van der Waals surface area contributed by atoms with Crippen molar-refractivity contribution in [3.63, 3.8) is 0 Å². The predicted octanol–water partition coefficient (Wildman–Crippen LogP) is 1.95. The van der Waals surface area contributed by atoms with Crippen molar-refractivity contribution in [3.8, 4) is 0 Å². The van der Waals surface area contributed by atoms with Gasteiger partial charge in [-0.05, 0) is 50.5 Å². The fourth-order valence-corrected chi connectivity index (χ4v) is 2.78. The molecule has 0 spiro atoms. The third-order valence-electron chi connectivity index (χ3n) is 4.36. The van der Waals surface area contributed by atoms with Crippen LogP contribution in [-0.4, -0.2) is 30.7 Å². The fourth-order valence-electron chi connectivity index (χ4n) is 2.78. The zero-order valence-electron chi connectivity index (χ0n) is 11.5. The SMILES string of the molecule is CC1OCCC1(C)NC(=O)c1ccc2c(c1)CCN2. The normalized spacial score (nSPS) is 28.8. The summed E-state index contributed by atoms with van der Waals surface area (Å²) in [5.74, 6) is -0.00505. The molecule has 2 aliphatic rings. The predicted molar refractivity (Wildman–Crippen MR) is 74.5 cm³/mol. The second-order valence-electron chi connectivity index (χ2n) is 5.68. The van der Waals surface area contributed by atoms with Gasteiger partial charge in [-0.3, -0.25) is 4.79 Å². The molecule has 2 unspecified atom stereocenters. The van der Waals surface area contributed by atoms with E-state index in [2.05, 4.69) is 17.6 Å². The lowest BCUT2D eigenvalue weighted by Gasteiger charge is -2.29. The van der Waals surface area contributed by atoms with Crippen LogP contribution in [0.1, 0.15) is 36.2 Å². The number of hydrogen-bond donors (Lipinski definition) is 2. The van der Waals surface area contributed by atoms with Crippen molar-refractivity contribution in [1.29, 1.82) is 0 Å². The van der Waals surface area contributed by atoms with E-state index in [0.29, 0.717) is 6.61 Å². The highest BCUT2D eigenvalue weighted by molar-refractivity contribution is 5.95. The lowest BCUT2D eigenvalue weighted by atomic mass is 9.94. The monoisotopic (exact) mass is 260 g/mol. The minimum atomic E-state index is -0.256. The molecule has 1 fully saturated rings. The summed E-state index contributed by atoms with van der Waals surface area (Å²) in [6, 6.07) is 5.87. The highest BCUT2D eigenvalue weighted by atomic mass is 16.5. The molecule has 0 bridgehead atoms. The summed E-state index contributed by atoms with van der Waals surface area (Å²) in [5.41, 5.74) is 2.87. The number of hydrogen-bond acceptors (Lipinski definition) is 3. The molecule has 2 heterocycles. The van der Waals surface area contributed by atoms with Crippen LogP contribution >= 0.6 is 0 Å². The van der Waals surface area contributed by atoms with Crippen LogP contribution in [-0.2, 0) is 11.2 Å². The number of carbonyl (C=O) groups excluding carboxylic acids is 1. The molecule has 2 aliphatic heterocycles. The summed E-state index contributed by atoms with van der Waals surface area (Å²) in [7, 11) is 0. The van der Waals surface area contributed by atoms with Gasteiger partial charge in [0.1, 0.15) is 0 Å². The van der Waals surface area contributed by atoms with Crippen LogP contribution in [0.25, 0.3) is 0 Å². The second kappa shape index (κ2) is 4.53. The van der Waals surface area contributed by atoms with Gasteiger partial charge in [-0.25, -0.2) is 0 Å². The molecule has 1 amide bonds. The Morgan fingerprint density at radius 1 is 1.53 bits per heavy atom. The smallest absolute Gasteiger partial charge is 0.251 e. The number of rotatable bonds is 2. The van der Waals surface area contributed by atoms with Crippen LogP contribution in [0.15, 0.2) is 18.2 Å². The summed E-state index contributed by atoms with van der Waals surface area (Å²) in [6.07, 6.45) is 1.92. The number of anilines is 1. The van der Waals surface area contributed by atoms with Gasteiger partial charge in [0.2, 0.25) is 0 Å². The number of nitrogens with one attached hydrogen (secondary N) is 2. The molecule has 4 nitrogen and oxygen atoms in total. The average molecular weight is 260 g/mol. The number of amides is 1. The summed E-state index contributed by atoms with van der Waals surface area (Å²) in [4.78, 5) is 12.4. The Hall–Kier alpha value is -1.55. The second-order valence-corrected chi connectivity index (χ2v) is 5.68. The number of fused-ring (bicyclic) bond motifs is 1. The van der Waals surface area contributed by atoms with Gasteiger partial charge >= 0.3 is 0 Å². The first-order chi connectivity index (χ1) is 9.08. The molecule has 0 radical (unpaired) electrons. The van der Waals surface area contributed by atoms with E-state index in [-0.39, 0.29) is 17.6 Å².